The van der Waals surface area contributed by atoms with Crippen LogP contribution >= 0.6 is 0 Å². The number of hydrogen-bond acceptors (Lipinski definition) is 5. The number of ether oxygens (including phenoxy) is 2. The summed E-state index contributed by atoms with van der Waals surface area (Å²) in [7, 11) is 0. The first kappa shape index (κ1) is 35.7. The molecule has 2 aliphatic rings. The molecule has 1 saturated heterocycles. The number of hydrogen-bond donors (Lipinski definition) is 2. The highest BCUT2D eigenvalue weighted by atomic mass is 19.4. The average molecular weight is 656 g/mol. The molecular formula is C36H44F3N3O5. The van der Waals surface area contributed by atoms with Crippen LogP contribution in [0.5, 0.6) is 0 Å². The Labute approximate surface area is 274 Å². The molecule has 0 spiro atoms. The number of anilines is 1. The van der Waals surface area contributed by atoms with Gasteiger partial charge in [0.2, 0.25) is 0 Å². The lowest BCUT2D eigenvalue weighted by atomic mass is 9.85. The van der Waals surface area contributed by atoms with Crippen LogP contribution in [0.1, 0.15) is 96.4 Å². The number of cyclic esters (lactones) is 1. The largest absolute Gasteiger partial charge is 0.471 e. The van der Waals surface area contributed by atoms with Crippen LogP contribution in [0.4, 0.5) is 28.4 Å². The number of amides is 3. The van der Waals surface area contributed by atoms with E-state index < -0.39 is 47.6 Å². The van der Waals surface area contributed by atoms with Gasteiger partial charge in [-0.15, -0.1) is 0 Å². The molecule has 1 aliphatic carbocycles. The Bertz CT molecular complexity index is 1560. The van der Waals surface area contributed by atoms with E-state index in [1.165, 1.54) is 6.07 Å². The van der Waals surface area contributed by atoms with Crippen LogP contribution in [-0.2, 0) is 31.6 Å². The molecule has 0 aromatic heterocycles. The summed E-state index contributed by atoms with van der Waals surface area (Å²) in [5, 5.41) is 4.77. The van der Waals surface area contributed by atoms with E-state index in [4.69, 9.17) is 9.47 Å². The predicted molar refractivity (Wildman–Crippen MR) is 173 cm³/mol. The molecule has 47 heavy (non-hydrogen) atoms. The second-order valence-corrected chi connectivity index (χ2v) is 14.2. The predicted octanol–water partition coefficient (Wildman–Crippen LogP) is 7.58. The van der Waals surface area contributed by atoms with Crippen molar-refractivity contribution in [2.75, 3.05) is 11.9 Å². The third kappa shape index (κ3) is 8.99. The number of nitrogens with one attached hydrogen (secondary N) is 2. The average Bonchev–Trinajstić information content (AvgIpc) is 3.67. The Morgan fingerprint density at radius 3 is 2.38 bits per heavy atom. The molecule has 1 saturated carbocycles. The molecule has 2 fully saturated rings. The minimum absolute atomic E-state index is 0.0759. The van der Waals surface area contributed by atoms with Gasteiger partial charge in [0.15, 0.2) is 0 Å². The minimum atomic E-state index is -5.07. The number of nitrogens with zero attached hydrogens (tertiary/aromatic N) is 1. The Kier molecular flexibility index (Phi) is 10.2. The number of unbranched alkanes of at least 4 members (excludes halogenated alkanes) is 1. The topological polar surface area (TPSA) is 97.0 Å². The van der Waals surface area contributed by atoms with E-state index in [1.54, 1.807) is 37.8 Å². The zero-order valence-electron chi connectivity index (χ0n) is 28.1. The lowest BCUT2D eigenvalue weighted by Gasteiger charge is -2.29. The standard InChI is InChI=1S/C36H44F3N3O5/c1-8-9-10-12-24-19-23(15-16-27(24)40-30(43)36(37,38)39)20-28(41-31(44)47-34(5,6)7)29-22-42(32(45)46-29)35(17-18-35)26-14-11-13-25(21-26)33(2,3)4/h11,13-16,19,21,28-29H,8-9,17-18,20,22H2,1-7H3,(H,40,43)(H,41,44)/t28-,29+/m0/s1. The van der Waals surface area contributed by atoms with Gasteiger partial charge in [-0.3, -0.25) is 9.69 Å². The summed E-state index contributed by atoms with van der Waals surface area (Å²) in [6.07, 6.45) is -4.06. The Morgan fingerprint density at radius 2 is 1.79 bits per heavy atom. The quantitative estimate of drug-likeness (QED) is 0.286. The zero-order chi connectivity index (χ0) is 34.8. The summed E-state index contributed by atoms with van der Waals surface area (Å²) in [6.45, 7) is 13.7. The maximum Gasteiger partial charge on any atom is 0.471 e. The van der Waals surface area contributed by atoms with E-state index in [2.05, 4.69) is 50.1 Å². The number of carbonyl (C=O) groups excluding carboxylic acids is 3. The molecule has 1 heterocycles. The van der Waals surface area contributed by atoms with E-state index in [-0.39, 0.29) is 29.6 Å². The van der Waals surface area contributed by atoms with E-state index in [0.29, 0.717) is 12.0 Å². The first-order valence-electron chi connectivity index (χ1n) is 15.9. The SMILES string of the molecule is CCCC#Cc1cc(C[C@H](NC(=O)OC(C)(C)C)[C@H]2CN(C3(c4cccc(C(C)(C)C)c4)CC3)C(=O)O2)ccc1NC(=O)C(F)(F)F. The Hall–Kier alpha value is -4.20. The van der Waals surface area contributed by atoms with E-state index in [0.717, 1.165) is 30.4 Å². The molecule has 3 amide bonds. The van der Waals surface area contributed by atoms with Gasteiger partial charge in [-0.25, -0.2) is 9.59 Å². The summed E-state index contributed by atoms with van der Waals surface area (Å²) >= 11 is 0. The van der Waals surface area contributed by atoms with Gasteiger partial charge in [-0.1, -0.05) is 69.9 Å². The van der Waals surface area contributed by atoms with Crippen molar-refractivity contribution in [2.45, 2.75) is 115 Å². The molecule has 4 rings (SSSR count). The number of benzene rings is 2. The van der Waals surface area contributed by atoms with Crippen molar-refractivity contribution >= 4 is 23.8 Å². The van der Waals surface area contributed by atoms with Gasteiger partial charge >= 0.3 is 24.3 Å². The lowest BCUT2D eigenvalue weighted by molar-refractivity contribution is -0.167. The van der Waals surface area contributed by atoms with Gasteiger partial charge in [0.1, 0.15) is 11.7 Å². The van der Waals surface area contributed by atoms with E-state index in [1.807, 2.05) is 24.4 Å². The van der Waals surface area contributed by atoms with E-state index >= 15 is 0 Å². The van der Waals surface area contributed by atoms with Crippen molar-refractivity contribution in [2.24, 2.45) is 0 Å². The highest BCUT2D eigenvalue weighted by molar-refractivity contribution is 5.96. The second kappa shape index (κ2) is 13.5. The second-order valence-electron chi connectivity index (χ2n) is 14.2. The van der Waals surface area contributed by atoms with Crippen LogP contribution in [0.25, 0.3) is 0 Å². The maximum atomic E-state index is 13.4. The molecule has 2 N–H and O–H groups in total. The third-order valence-corrected chi connectivity index (χ3v) is 8.14. The molecule has 0 radical (unpaired) electrons. The van der Waals surface area contributed by atoms with Gasteiger partial charge in [0.05, 0.1) is 23.8 Å². The highest BCUT2D eigenvalue weighted by Crippen LogP contribution is 2.53. The lowest BCUT2D eigenvalue weighted by Crippen LogP contribution is -2.48. The van der Waals surface area contributed by atoms with Crippen LogP contribution in [0.2, 0.25) is 0 Å². The number of rotatable bonds is 8. The molecule has 8 nitrogen and oxygen atoms in total. The number of carbonyl (C=O) groups is 3. The van der Waals surface area contributed by atoms with Crippen molar-refractivity contribution in [1.29, 1.82) is 0 Å². The minimum Gasteiger partial charge on any atom is -0.444 e. The normalized spacial score (nSPS) is 18.0. The van der Waals surface area contributed by atoms with Crippen LogP contribution in [-0.4, -0.2) is 53.5 Å². The maximum absolute atomic E-state index is 13.4. The molecule has 2 aromatic rings. The summed E-state index contributed by atoms with van der Waals surface area (Å²) in [5.74, 6) is 3.67. The van der Waals surface area contributed by atoms with Crippen molar-refractivity contribution in [3.8, 4) is 11.8 Å². The molecule has 0 bridgehead atoms. The number of halogens is 3. The summed E-state index contributed by atoms with van der Waals surface area (Å²) < 4.78 is 50.5. The van der Waals surface area contributed by atoms with Crippen molar-refractivity contribution < 1.29 is 37.0 Å². The molecule has 0 unspecified atom stereocenters. The summed E-state index contributed by atoms with van der Waals surface area (Å²) in [4.78, 5) is 39.9. The summed E-state index contributed by atoms with van der Waals surface area (Å²) in [6, 6.07) is 12.0. The first-order chi connectivity index (χ1) is 21.8. The molecule has 11 heteroatoms. The van der Waals surface area contributed by atoms with Crippen LogP contribution in [0, 0.1) is 11.8 Å². The van der Waals surface area contributed by atoms with Gasteiger partial charge < -0.3 is 20.1 Å². The van der Waals surface area contributed by atoms with Gasteiger partial charge in [-0.2, -0.15) is 13.2 Å². The molecule has 254 valence electrons. The van der Waals surface area contributed by atoms with Crippen LogP contribution in [0.15, 0.2) is 42.5 Å². The summed E-state index contributed by atoms with van der Waals surface area (Å²) in [5.41, 5.74) is 1.54. The Balaban J connectivity index is 1.63. The van der Waals surface area contributed by atoms with Gasteiger partial charge in [0.25, 0.3) is 0 Å². The van der Waals surface area contributed by atoms with E-state index in [9.17, 15) is 27.6 Å². The van der Waals surface area contributed by atoms with Crippen molar-refractivity contribution in [3.05, 3.63) is 64.7 Å². The van der Waals surface area contributed by atoms with Crippen molar-refractivity contribution in [3.63, 3.8) is 0 Å². The smallest absolute Gasteiger partial charge is 0.444 e. The zero-order valence-corrected chi connectivity index (χ0v) is 28.1. The van der Waals surface area contributed by atoms with Gasteiger partial charge in [-0.05, 0) is 80.7 Å². The van der Waals surface area contributed by atoms with Crippen molar-refractivity contribution in [1.82, 2.24) is 10.2 Å². The third-order valence-electron chi connectivity index (χ3n) is 8.14. The number of alkyl carbamates (subject to hydrolysis) is 1. The van der Waals surface area contributed by atoms with Crippen LogP contribution < -0.4 is 10.6 Å². The van der Waals surface area contributed by atoms with Gasteiger partial charge in [0, 0.05) is 12.0 Å². The monoisotopic (exact) mass is 655 g/mol. The molecule has 2 aromatic carbocycles. The molecule has 1 aliphatic heterocycles. The number of alkyl halides is 3. The molecular weight excluding hydrogens is 611 g/mol. The molecule has 2 atom stereocenters. The fraction of sp³-hybridized carbons (Fsp3) is 0.528. The highest BCUT2D eigenvalue weighted by Gasteiger charge is 2.56. The van der Waals surface area contributed by atoms with Crippen LogP contribution in [0.3, 0.4) is 0 Å². The first-order valence-corrected chi connectivity index (χ1v) is 15.9. The Morgan fingerprint density at radius 1 is 1.09 bits per heavy atom. The fourth-order valence-corrected chi connectivity index (χ4v) is 5.55. The fourth-order valence-electron chi connectivity index (χ4n) is 5.55.